The van der Waals surface area contributed by atoms with Crippen LogP contribution >= 0.6 is 0 Å². The third-order valence-corrected chi connectivity index (χ3v) is 5.20. The van der Waals surface area contributed by atoms with Crippen molar-refractivity contribution in [3.8, 4) is 22.8 Å². The molecule has 0 amide bonds. The number of anilines is 2. The van der Waals surface area contributed by atoms with E-state index < -0.39 is 16.5 Å². The molecule has 1 atom stereocenters. The molecule has 0 bridgehead atoms. The molecule has 5 rings (SSSR count). The zero-order valence-electron chi connectivity index (χ0n) is 17.1. The molecule has 13 nitrogen and oxygen atoms in total. The minimum atomic E-state index is -0.741. The number of rotatable bonds is 5. The van der Waals surface area contributed by atoms with E-state index in [1.54, 1.807) is 25.1 Å². The van der Waals surface area contributed by atoms with Crippen molar-refractivity contribution in [1.82, 2.24) is 30.4 Å². The van der Waals surface area contributed by atoms with E-state index in [0.717, 1.165) is 0 Å². The summed E-state index contributed by atoms with van der Waals surface area (Å²) >= 11 is 0. The first-order valence-electron chi connectivity index (χ1n) is 9.86. The molecular formula is C20H16N8O5. The molecule has 0 fully saturated rings. The molecule has 2 aromatic heterocycles. The number of aromatic hydroxyl groups is 1. The Hall–Kier alpha value is -4.81. The Kier molecular flexibility index (Phi) is 4.70. The minimum absolute atomic E-state index is 0.0466. The van der Waals surface area contributed by atoms with Crippen molar-refractivity contribution in [2.24, 2.45) is 0 Å². The molecule has 33 heavy (non-hydrogen) atoms. The molecule has 166 valence electrons. The summed E-state index contributed by atoms with van der Waals surface area (Å²) in [7, 11) is 0. The number of benzene rings is 2. The number of H-pyrrole nitrogens is 1. The Morgan fingerprint density at radius 2 is 2.12 bits per heavy atom. The first-order chi connectivity index (χ1) is 16.0. The lowest BCUT2D eigenvalue weighted by Gasteiger charge is -2.28. The maximum absolute atomic E-state index is 12.7. The fraction of sp³-hybridized carbons (Fsp3) is 0.150. The number of nitro benzene ring substituents is 1. The van der Waals surface area contributed by atoms with Gasteiger partial charge >= 0.3 is 0 Å². The van der Waals surface area contributed by atoms with Crippen LogP contribution in [0.15, 0.2) is 47.3 Å². The van der Waals surface area contributed by atoms with Gasteiger partial charge in [0.25, 0.3) is 11.2 Å². The van der Waals surface area contributed by atoms with Crippen LogP contribution in [0.3, 0.4) is 0 Å². The highest BCUT2D eigenvalue weighted by Crippen LogP contribution is 2.43. The molecule has 3 heterocycles. The fourth-order valence-electron chi connectivity index (χ4n) is 3.80. The lowest BCUT2D eigenvalue weighted by Crippen LogP contribution is -2.29. The lowest BCUT2D eigenvalue weighted by atomic mass is 9.92. The fourth-order valence-corrected chi connectivity index (χ4v) is 3.80. The molecule has 0 saturated heterocycles. The number of phenolic OH excluding ortho intramolecular Hbond substituents is 1. The molecule has 1 aliphatic rings. The molecule has 4 aromatic rings. The number of aromatic nitrogens is 6. The van der Waals surface area contributed by atoms with Gasteiger partial charge in [0.1, 0.15) is 11.7 Å². The molecular weight excluding hydrogens is 432 g/mol. The molecule has 0 aliphatic carbocycles. The molecule has 3 N–H and O–H groups in total. The van der Waals surface area contributed by atoms with Crippen LogP contribution in [-0.4, -0.2) is 47.0 Å². The average Bonchev–Trinajstić information content (AvgIpc) is 3.28. The van der Waals surface area contributed by atoms with E-state index >= 15 is 0 Å². The summed E-state index contributed by atoms with van der Waals surface area (Å²) in [6.45, 7) is 2.12. The number of nitrogens with zero attached hydrogens (tertiary/aromatic N) is 6. The van der Waals surface area contributed by atoms with Crippen LogP contribution in [0.2, 0.25) is 0 Å². The Morgan fingerprint density at radius 3 is 2.91 bits per heavy atom. The van der Waals surface area contributed by atoms with Crippen molar-refractivity contribution in [2.75, 3.05) is 11.9 Å². The summed E-state index contributed by atoms with van der Waals surface area (Å²) in [5.74, 6) is 0.425. The van der Waals surface area contributed by atoms with Gasteiger partial charge < -0.3 is 15.2 Å². The van der Waals surface area contributed by atoms with E-state index in [-0.39, 0.29) is 28.8 Å². The molecule has 0 saturated carbocycles. The number of non-ortho nitro benzene ring substituents is 1. The number of hydrogen-bond donors (Lipinski definition) is 3. The summed E-state index contributed by atoms with van der Waals surface area (Å²) in [6, 6.07) is 9.94. The highest BCUT2D eigenvalue weighted by atomic mass is 16.6. The van der Waals surface area contributed by atoms with Gasteiger partial charge in [-0.3, -0.25) is 14.9 Å². The number of fused-ring (bicyclic) bond motifs is 2. The van der Waals surface area contributed by atoms with Crippen LogP contribution in [0.4, 0.5) is 17.3 Å². The number of tetrazole rings is 1. The van der Waals surface area contributed by atoms with Crippen molar-refractivity contribution in [2.45, 2.75) is 13.0 Å². The Bertz CT molecular complexity index is 1450. The SMILES string of the molecule is CCOc1cc([C@@H]2c3c(-c4cccc([N+](=O)[O-])c4)n[nH]c(=O)c3Nc3nnnn32)ccc1O. The largest absolute Gasteiger partial charge is 0.504 e. The van der Waals surface area contributed by atoms with Crippen LogP contribution in [-0.2, 0) is 0 Å². The maximum Gasteiger partial charge on any atom is 0.288 e. The van der Waals surface area contributed by atoms with Crippen molar-refractivity contribution in [3.63, 3.8) is 0 Å². The summed E-state index contributed by atoms with van der Waals surface area (Å²) in [5, 5.41) is 42.7. The van der Waals surface area contributed by atoms with E-state index in [1.165, 1.54) is 28.9 Å². The Balaban J connectivity index is 1.78. The molecule has 13 heteroatoms. The van der Waals surface area contributed by atoms with Crippen molar-refractivity contribution in [3.05, 3.63) is 74.1 Å². The Labute approximate surface area is 184 Å². The standard InChI is InChI=1S/C20H16N8O5/c1-2-33-14-9-11(6-7-13(14)29)18-15-16(10-4-3-5-12(8-10)28(31)32)22-23-19(30)17(15)21-20-24-25-26-27(18)20/h3-9,18,29H,2H2,1H3,(H,23,30)(H,21,24,26)/t18-/m1/s1. The van der Waals surface area contributed by atoms with Gasteiger partial charge in [0.15, 0.2) is 11.5 Å². The van der Waals surface area contributed by atoms with Gasteiger partial charge in [0, 0.05) is 23.3 Å². The number of hydrogen-bond acceptors (Lipinski definition) is 10. The minimum Gasteiger partial charge on any atom is -0.504 e. The number of ether oxygens (including phenoxy) is 1. The zero-order chi connectivity index (χ0) is 23.1. The Morgan fingerprint density at radius 1 is 1.27 bits per heavy atom. The van der Waals surface area contributed by atoms with Crippen molar-refractivity contribution >= 4 is 17.3 Å². The summed E-state index contributed by atoms with van der Waals surface area (Å²) in [5.41, 5.74) is 1.26. The van der Waals surface area contributed by atoms with Crippen molar-refractivity contribution < 1.29 is 14.8 Å². The molecule has 0 spiro atoms. The number of phenols is 1. The van der Waals surface area contributed by atoms with E-state index in [0.29, 0.717) is 29.0 Å². The van der Waals surface area contributed by atoms with Crippen LogP contribution in [0, 0.1) is 10.1 Å². The van der Waals surface area contributed by atoms with E-state index in [1.807, 2.05) is 0 Å². The summed E-state index contributed by atoms with van der Waals surface area (Å²) in [4.78, 5) is 23.5. The maximum atomic E-state index is 12.7. The van der Waals surface area contributed by atoms with E-state index in [2.05, 4.69) is 31.0 Å². The number of nitrogens with one attached hydrogen (secondary N) is 2. The van der Waals surface area contributed by atoms with Gasteiger partial charge in [-0.15, -0.1) is 0 Å². The molecule has 1 aliphatic heterocycles. The monoisotopic (exact) mass is 448 g/mol. The number of aromatic amines is 1. The average molecular weight is 448 g/mol. The first kappa shape index (κ1) is 20.1. The third-order valence-electron chi connectivity index (χ3n) is 5.20. The third kappa shape index (κ3) is 3.31. The zero-order valence-corrected chi connectivity index (χ0v) is 17.1. The van der Waals surface area contributed by atoms with Gasteiger partial charge in [-0.1, -0.05) is 23.3 Å². The second-order valence-corrected chi connectivity index (χ2v) is 7.13. The van der Waals surface area contributed by atoms with E-state index in [9.17, 15) is 20.0 Å². The second kappa shape index (κ2) is 7.71. The van der Waals surface area contributed by atoms with Gasteiger partial charge in [0.2, 0.25) is 5.95 Å². The van der Waals surface area contributed by atoms with Crippen LogP contribution < -0.4 is 15.6 Å². The van der Waals surface area contributed by atoms with Crippen LogP contribution in [0.25, 0.3) is 11.3 Å². The lowest BCUT2D eigenvalue weighted by molar-refractivity contribution is -0.384. The molecule has 0 unspecified atom stereocenters. The first-order valence-corrected chi connectivity index (χ1v) is 9.86. The van der Waals surface area contributed by atoms with Crippen LogP contribution in [0.1, 0.15) is 24.1 Å². The summed E-state index contributed by atoms with van der Waals surface area (Å²) < 4.78 is 6.99. The molecule has 2 aromatic carbocycles. The smallest absolute Gasteiger partial charge is 0.288 e. The number of nitro groups is 1. The predicted octanol–water partition coefficient (Wildman–Crippen LogP) is 2.13. The molecule has 0 radical (unpaired) electrons. The van der Waals surface area contributed by atoms with Crippen molar-refractivity contribution in [1.29, 1.82) is 0 Å². The van der Waals surface area contributed by atoms with Gasteiger partial charge in [-0.05, 0) is 35.0 Å². The highest BCUT2D eigenvalue weighted by Gasteiger charge is 2.35. The van der Waals surface area contributed by atoms with Gasteiger partial charge in [-0.2, -0.15) is 9.78 Å². The van der Waals surface area contributed by atoms with Gasteiger partial charge in [-0.25, -0.2) is 5.10 Å². The van der Waals surface area contributed by atoms with Crippen LogP contribution in [0.5, 0.6) is 11.5 Å². The topological polar surface area (TPSA) is 174 Å². The summed E-state index contributed by atoms with van der Waals surface area (Å²) in [6.07, 6.45) is 0. The normalized spacial score (nSPS) is 14.2. The quantitative estimate of drug-likeness (QED) is 0.267. The highest BCUT2D eigenvalue weighted by molar-refractivity contribution is 5.76. The predicted molar refractivity (Wildman–Crippen MR) is 115 cm³/mol. The van der Waals surface area contributed by atoms with E-state index in [4.69, 9.17) is 4.74 Å². The second-order valence-electron chi connectivity index (χ2n) is 7.13. The van der Waals surface area contributed by atoms with Gasteiger partial charge in [0.05, 0.1) is 17.2 Å².